The fourth-order valence-electron chi connectivity index (χ4n) is 3.56. The minimum absolute atomic E-state index is 0.0730. The third-order valence-corrected chi connectivity index (χ3v) is 5.07. The molecule has 0 radical (unpaired) electrons. The molecule has 0 saturated heterocycles. The Morgan fingerprint density at radius 2 is 1.90 bits per heavy atom. The minimum Gasteiger partial charge on any atom is -0.456 e. The molecule has 0 saturated carbocycles. The van der Waals surface area contributed by atoms with Gasteiger partial charge in [0.15, 0.2) is 0 Å². The van der Waals surface area contributed by atoms with Crippen LogP contribution in [0.3, 0.4) is 0 Å². The summed E-state index contributed by atoms with van der Waals surface area (Å²) < 4.78 is 7.05. The van der Waals surface area contributed by atoms with Crippen LogP contribution in [-0.4, -0.2) is 20.3 Å². The minimum atomic E-state index is -0.442. The fraction of sp³-hybridized carbons (Fsp3) is 0.217. The van der Waals surface area contributed by atoms with Gasteiger partial charge in [-0.1, -0.05) is 31.2 Å². The van der Waals surface area contributed by atoms with Crippen molar-refractivity contribution < 1.29 is 9.53 Å². The molecule has 0 aliphatic carbocycles. The number of para-hydroxylation sites is 1. The lowest BCUT2D eigenvalue weighted by atomic mass is 10.0. The van der Waals surface area contributed by atoms with E-state index in [9.17, 15) is 9.59 Å². The first-order valence-electron chi connectivity index (χ1n) is 9.53. The lowest BCUT2D eigenvalue weighted by molar-refractivity contribution is 0.0469. The van der Waals surface area contributed by atoms with Crippen LogP contribution in [0.1, 0.15) is 39.8 Å². The van der Waals surface area contributed by atoms with E-state index in [-0.39, 0.29) is 12.2 Å². The number of rotatable bonds is 4. The molecule has 6 heteroatoms. The Hall–Kier alpha value is -3.54. The summed E-state index contributed by atoms with van der Waals surface area (Å²) >= 11 is 0. The second-order valence-electron chi connectivity index (χ2n) is 6.98. The van der Waals surface area contributed by atoms with E-state index in [1.165, 1.54) is 10.5 Å². The number of esters is 1. The first-order valence-corrected chi connectivity index (χ1v) is 9.53. The fourth-order valence-corrected chi connectivity index (χ4v) is 3.56. The van der Waals surface area contributed by atoms with E-state index in [0.717, 1.165) is 34.1 Å². The lowest BCUT2D eigenvalue weighted by Gasteiger charge is -2.13. The molecule has 3 heterocycles. The number of aryl methyl sites for hydroxylation is 2. The molecular weight excluding hydrogens is 366 g/mol. The van der Waals surface area contributed by atoms with Crippen LogP contribution in [0.15, 0.2) is 53.5 Å². The van der Waals surface area contributed by atoms with Crippen molar-refractivity contribution >= 4 is 22.5 Å². The maximum atomic E-state index is 13.0. The Morgan fingerprint density at radius 3 is 2.69 bits per heavy atom. The normalized spacial score (nSPS) is 11.1. The predicted molar refractivity (Wildman–Crippen MR) is 111 cm³/mol. The van der Waals surface area contributed by atoms with Crippen molar-refractivity contribution in [3.05, 3.63) is 87.1 Å². The molecule has 29 heavy (non-hydrogen) atoms. The molecule has 0 bridgehead atoms. The molecule has 0 atom stereocenters. The number of benzene rings is 1. The summed E-state index contributed by atoms with van der Waals surface area (Å²) in [6.07, 6.45) is 2.39. The van der Waals surface area contributed by atoms with Gasteiger partial charge in [-0.05, 0) is 43.5 Å². The highest BCUT2D eigenvalue weighted by Gasteiger charge is 2.19. The van der Waals surface area contributed by atoms with E-state index in [0.29, 0.717) is 16.9 Å². The second-order valence-corrected chi connectivity index (χ2v) is 6.98. The van der Waals surface area contributed by atoms with Crippen LogP contribution in [0.2, 0.25) is 0 Å². The van der Waals surface area contributed by atoms with Crippen molar-refractivity contribution in [3.8, 4) is 0 Å². The van der Waals surface area contributed by atoms with E-state index in [1.54, 1.807) is 12.3 Å². The Morgan fingerprint density at radius 1 is 1.10 bits per heavy atom. The molecule has 146 valence electrons. The number of hydrogen-bond donors (Lipinski definition) is 0. The third-order valence-electron chi connectivity index (χ3n) is 5.07. The highest BCUT2D eigenvalue weighted by Crippen LogP contribution is 2.24. The van der Waals surface area contributed by atoms with Crippen LogP contribution in [-0.2, 0) is 17.8 Å². The average molecular weight is 387 g/mol. The van der Waals surface area contributed by atoms with Gasteiger partial charge >= 0.3 is 5.97 Å². The van der Waals surface area contributed by atoms with Crippen molar-refractivity contribution in [1.82, 2.24) is 14.4 Å². The Kier molecular flexibility index (Phi) is 4.84. The number of pyridine rings is 2. The second kappa shape index (κ2) is 7.47. The zero-order valence-electron chi connectivity index (χ0n) is 16.6. The molecular formula is C23H21N3O3. The van der Waals surface area contributed by atoms with Crippen LogP contribution >= 0.6 is 0 Å². The average Bonchev–Trinajstić information content (AvgIpc) is 2.72. The summed E-state index contributed by atoms with van der Waals surface area (Å²) in [6, 6.07) is 12.6. The topological polar surface area (TPSA) is 73.6 Å². The number of fused-ring (bicyclic) bond motifs is 2. The van der Waals surface area contributed by atoms with Crippen LogP contribution in [0, 0.1) is 13.8 Å². The van der Waals surface area contributed by atoms with Gasteiger partial charge in [-0.2, -0.15) is 0 Å². The smallest absolute Gasteiger partial charge is 0.339 e. The van der Waals surface area contributed by atoms with Crippen molar-refractivity contribution in [1.29, 1.82) is 0 Å². The first kappa shape index (κ1) is 18.8. The van der Waals surface area contributed by atoms with E-state index in [1.807, 2.05) is 51.1 Å². The standard InChI is InChI=1S/C23H21N3O3/c1-4-18-15(3)21(17-9-5-6-10-19(17)25-18)23(28)29-13-16-12-20(27)26-11-7-8-14(2)22(26)24-16/h5-12H,4,13H2,1-3H3. The van der Waals surface area contributed by atoms with Crippen LogP contribution in [0.4, 0.5) is 0 Å². The number of nitrogens with zero attached hydrogens (tertiary/aromatic N) is 3. The third kappa shape index (κ3) is 3.38. The maximum Gasteiger partial charge on any atom is 0.339 e. The summed E-state index contributed by atoms with van der Waals surface area (Å²) in [5, 5.41) is 0.759. The summed E-state index contributed by atoms with van der Waals surface area (Å²) in [5.74, 6) is -0.442. The van der Waals surface area contributed by atoms with Gasteiger partial charge in [0.1, 0.15) is 12.3 Å². The molecule has 0 spiro atoms. The predicted octanol–water partition coefficient (Wildman–Crippen LogP) is 3.78. The Balaban J connectivity index is 1.69. The van der Waals surface area contributed by atoms with E-state index >= 15 is 0 Å². The Bertz CT molecular complexity index is 1310. The highest BCUT2D eigenvalue weighted by atomic mass is 16.5. The molecule has 0 aliphatic heterocycles. The number of carbonyl (C=O) groups excluding carboxylic acids is 1. The summed E-state index contributed by atoms with van der Waals surface area (Å²) in [7, 11) is 0. The van der Waals surface area contributed by atoms with Crippen molar-refractivity contribution in [2.45, 2.75) is 33.8 Å². The number of aromatic nitrogens is 3. The van der Waals surface area contributed by atoms with Crippen LogP contribution < -0.4 is 5.56 Å². The number of ether oxygens (including phenoxy) is 1. The molecule has 0 unspecified atom stereocenters. The largest absolute Gasteiger partial charge is 0.456 e. The number of hydrogen-bond acceptors (Lipinski definition) is 5. The molecule has 3 aromatic heterocycles. The van der Waals surface area contributed by atoms with E-state index < -0.39 is 5.97 Å². The van der Waals surface area contributed by atoms with E-state index in [2.05, 4.69) is 9.97 Å². The van der Waals surface area contributed by atoms with Gasteiger partial charge in [0.2, 0.25) is 0 Å². The zero-order valence-corrected chi connectivity index (χ0v) is 16.6. The van der Waals surface area contributed by atoms with E-state index in [4.69, 9.17) is 4.74 Å². The van der Waals surface area contributed by atoms with Gasteiger partial charge in [-0.15, -0.1) is 0 Å². The quantitative estimate of drug-likeness (QED) is 0.498. The molecule has 1 aromatic carbocycles. The molecule has 0 N–H and O–H groups in total. The molecule has 0 fully saturated rings. The SMILES string of the molecule is CCc1nc2ccccc2c(C(=O)OCc2cc(=O)n3cccc(C)c3n2)c1C. The van der Waals surface area contributed by atoms with Crippen molar-refractivity contribution in [2.24, 2.45) is 0 Å². The first-order chi connectivity index (χ1) is 14.0. The van der Waals surface area contributed by atoms with Crippen molar-refractivity contribution in [2.75, 3.05) is 0 Å². The summed E-state index contributed by atoms with van der Waals surface area (Å²) in [4.78, 5) is 34.5. The van der Waals surface area contributed by atoms with Gasteiger partial charge < -0.3 is 4.74 Å². The molecule has 6 nitrogen and oxygen atoms in total. The van der Waals surface area contributed by atoms with Gasteiger partial charge in [-0.25, -0.2) is 9.78 Å². The van der Waals surface area contributed by atoms with Gasteiger partial charge in [0, 0.05) is 23.3 Å². The highest BCUT2D eigenvalue weighted by molar-refractivity contribution is 6.05. The van der Waals surface area contributed by atoms with Gasteiger partial charge in [-0.3, -0.25) is 14.2 Å². The van der Waals surface area contributed by atoms with Crippen LogP contribution in [0.25, 0.3) is 16.6 Å². The molecule has 0 aliphatic rings. The maximum absolute atomic E-state index is 13.0. The molecule has 4 aromatic rings. The van der Waals surface area contributed by atoms with Crippen molar-refractivity contribution in [3.63, 3.8) is 0 Å². The lowest BCUT2D eigenvalue weighted by Crippen LogP contribution is -2.17. The Labute approximate surface area is 167 Å². The zero-order chi connectivity index (χ0) is 20.5. The summed E-state index contributed by atoms with van der Waals surface area (Å²) in [5.41, 5.74) is 4.62. The monoisotopic (exact) mass is 387 g/mol. The number of carbonyl (C=O) groups is 1. The van der Waals surface area contributed by atoms with Crippen LogP contribution in [0.5, 0.6) is 0 Å². The van der Waals surface area contributed by atoms with Gasteiger partial charge in [0.05, 0.1) is 16.8 Å². The summed E-state index contributed by atoms with van der Waals surface area (Å²) in [6.45, 7) is 5.71. The van der Waals surface area contributed by atoms with Gasteiger partial charge in [0.25, 0.3) is 5.56 Å². The molecule has 0 amide bonds. The molecule has 4 rings (SSSR count).